The van der Waals surface area contributed by atoms with E-state index in [0.29, 0.717) is 19.2 Å². The number of carbonyl (C=O) groups excluding carboxylic acids is 1. The van der Waals surface area contributed by atoms with Crippen molar-refractivity contribution in [3.8, 4) is 0 Å². The van der Waals surface area contributed by atoms with Crippen LogP contribution >= 0.6 is 0 Å². The van der Waals surface area contributed by atoms with Gasteiger partial charge in [0.25, 0.3) is 5.91 Å². The average Bonchev–Trinajstić information content (AvgIpc) is 2.12. The van der Waals surface area contributed by atoms with Gasteiger partial charge in [0, 0.05) is 26.2 Å². The number of hydrogen-bond donors (Lipinski definition) is 0. The lowest BCUT2D eigenvalue weighted by Crippen LogP contribution is -2.49. The average molecular weight is 228 g/mol. The summed E-state index contributed by atoms with van der Waals surface area (Å²) < 4.78 is 5.52. The molecule has 94 valence electrons. The van der Waals surface area contributed by atoms with E-state index in [1.807, 2.05) is 37.9 Å². The van der Waals surface area contributed by atoms with Crippen LogP contribution in [0.1, 0.15) is 26.2 Å². The summed E-state index contributed by atoms with van der Waals surface area (Å²) in [4.78, 5) is 16.0. The van der Waals surface area contributed by atoms with Gasteiger partial charge in [0.2, 0.25) is 0 Å². The fourth-order valence-electron chi connectivity index (χ4n) is 1.92. The first-order valence-electron chi connectivity index (χ1n) is 6.09. The van der Waals surface area contributed by atoms with E-state index in [2.05, 4.69) is 0 Å². The molecule has 16 heavy (non-hydrogen) atoms. The molecule has 0 aromatic heterocycles. The van der Waals surface area contributed by atoms with Crippen molar-refractivity contribution in [3.63, 3.8) is 0 Å². The topological polar surface area (TPSA) is 32.8 Å². The first-order valence-corrected chi connectivity index (χ1v) is 6.09. The van der Waals surface area contributed by atoms with E-state index in [9.17, 15) is 4.79 Å². The molecule has 0 aromatic carbocycles. The Labute approximate surface area is 98.5 Å². The summed E-state index contributed by atoms with van der Waals surface area (Å²) >= 11 is 0. The fraction of sp³-hybridized carbons (Fsp3) is 0.917. The Kier molecular flexibility index (Phi) is 5.22. The van der Waals surface area contributed by atoms with Gasteiger partial charge in [0.05, 0.1) is 0 Å². The van der Waals surface area contributed by atoms with Gasteiger partial charge in [0.15, 0.2) is 0 Å². The molecule has 1 amide bonds. The SMILES string of the molecule is CCO[C@H](CN(C)C)C(=O)N(C)C1CCC1. The molecule has 0 unspecified atom stereocenters. The molecule has 0 radical (unpaired) electrons. The lowest BCUT2D eigenvalue weighted by atomic mass is 9.91. The highest BCUT2D eigenvalue weighted by Gasteiger charge is 2.30. The highest BCUT2D eigenvalue weighted by atomic mass is 16.5. The maximum atomic E-state index is 12.2. The predicted octanol–water partition coefficient (Wildman–Crippen LogP) is 0.964. The van der Waals surface area contributed by atoms with Gasteiger partial charge in [-0.2, -0.15) is 0 Å². The van der Waals surface area contributed by atoms with Crippen LogP contribution in [0.15, 0.2) is 0 Å². The van der Waals surface area contributed by atoms with E-state index in [1.54, 1.807) is 0 Å². The number of amides is 1. The third-order valence-corrected chi connectivity index (χ3v) is 3.14. The van der Waals surface area contributed by atoms with Crippen LogP contribution < -0.4 is 0 Å². The molecular formula is C12H24N2O2. The monoisotopic (exact) mass is 228 g/mol. The van der Waals surface area contributed by atoms with Crippen LogP contribution in [0.3, 0.4) is 0 Å². The van der Waals surface area contributed by atoms with Crippen LogP contribution in [0, 0.1) is 0 Å². The van der Waals surface area contributed by atoms with Crippen molar-refractivity contribution < 1.29 is 9.53 Å². The Balaban J connectivity index is 2.50. The van der Waals surface area contributed by atoms with Gasteiger partial charge in [-0.25, -0.2) is 0 Å². The highest BCUT2D eigenvalue weighted by Crippen LogP contribution is 2.24. The molecular weight excluding hydrogens is 204 g/mol. The molecule has 1 fully saturated rings. The molecule has 0 saturated heterocycles. The second kappa shape index (κ2) is 6.21. The van der Waals surface area contributed by atoms with E-state index in [1.165, 1.54) is 6.42 Å². The van der Waals surface area contributed by atoms with Gasteiger partial charge in [-0.3, -0.25) is 4.79 Å². The molecule has 0 heterocycles. The Hall–Kier alpha value is -0.610. The molecule has 1 aliphatic rings. The Morgan fingerprint density at radius 3 is 2.38 bits per heavy atom. The smallest absolute Gasteiger partial charge is 0.253 e. The van der Waals surface area contributed by atoms with E-state index in [-0.39, 0.29) is 12.0 Å². The van der Waals surface area contributed by atoms with Crippen molar-refractivity contribution in [2.24, 2.45) is 0 Å². The van der Waals surface area contributed by atoms with Gasteiger partial charge in [-0.1, -0.05) is 0 Å². The van der Waals surface area contributed by atoms with Crippen molar-refractivity contribution in [2.75, 3.05) is 34.3 Å². The van der Waals surface area contributed by atoms with Crippen LogP contribution in [0.4, 0.5) is 0 Å². The zero-order valence-corrected chi connectivity index (χ0v) is 10.9. The quantitative estimate of drug-likeness (QED) is 0.679. The van der Waals surface area contributed by atoms with Crippen molar-refractivity contribution >= 4 is 5.91 Å². The summed E-state index contributed by atoms with van der Waals surface area (Å²) in [5.74, 6) is 0.125. The van der Waals surface area contributed by atoms with Crippen LogP contribution in [-0.4, -0.2) is 62.1 Å². The van der Waals surface area contributed by atoms with Crippen molar-refractivity contribution in [3.05, 3.63) is 0 Å². The normalized spacial score (nSPS) is 18.3. The van der Waals surface area contributed by atoms with Crippen molar-refractivity contribution in [1.82, 2.24) is 9.80 Å². The summed E-state index contributed by atoms with van der Waals surface area (Å²) in [6.45, 7) is 3.17. The second-order valence-corrected chi connectivity index (χ2v) is 4.74. The number of hydrogen-bond acceptors (Lipinski definition) is 3. The number of ether oxygens (including phenoxy) is 1. The maximum absolute atomic E-state index is 12.2. The predicted molar refractivity (Wildman–Crippen MR) is 64.4 cm³/mol. The van der Waals surface area contributed by atoms with E-state index < -0.39 is 0 Å². The minimum absolute atomic E-state index is 0.125. The molecule has 0 aliphatic heterocycles. The van der Waals surface area contributed by atoms with Crippen LogP contribution in [0.25, 0.3) is 0 Å². The third-order valence-electron chi connectivity index (χ3n) is 3.14. The van der Waals surface area contributed by atoms with Crippen molar-refractivity contribution in [2.45, 2.75) is 38.3 Å². The van der Waals surface area contributed by atoms with Crippen LogP contribution in [0.5, 0.6) is 0 Å². The molecule has 0 N–H and O–H groups in total. The van der Waals surface area contributed by atoms with E-state index >= 15 is 0 Å². The second-order valence-electron chi connectivity index (χ2n) is 4.74. The summed E-state index contributed by atoms with van der Waals surface area (Å²) in [6, 6.07) is 0.442. The molecule has 1 rings (SSSR count). The minimum atomic E-state index is -0.314. The van der Waals surface area contributed by atoms with Crippen molar-refractivity contribution in [1.29, 1.82) is 0 Å². The molecule has 1 aliphatic carbocycles. The lowest BCUT2D eigenvalue weighted by molar-refractivity contribution is -0.146. The minimum Gasteiger partial charge on any atom is -0.367 e. The molecule has 4 nitrogen and oxygen atoms in total. The Morgan fingerprint density at radius 2 is 2.00 bits per heavy atom. The molecule has 1 atom stereocenters. The summed E-state index contributed by atoms with van der Waals surface area (Å²) in [5, 5.41) is 0. The van der Waals surface area contributed by atoms with Gasteiger partial charge >= 0.3 is 0 Å². The summed E-state index contributed by atoms with van der Waals surface area (Å²) in [5.41, 5.74) is 0. The Morgan fingerprint density at radius 1 is 1.38 bits per heavy atom. The standard InChI is InChI=1S/C12H24N2O2/c1-5-16-11(9-13(2)3)12(15)14(4)10-7-6-8-10/h10-11H,5-9H2,1-4H3/t11-/m1/s1. The molecule has 0 bridgehead atoms. The zero-order valence-electron chi connectivity index (χ0n) is 10.9. The van der Waals surface area contributed by atoms with Crippen LogP contribution in [-0.2, 0) is 9.53 Å². The molecule has 4 heteroatoms. The number of carbonyl (C=O) groups is 1. The van der Waals surface area contributed by atoms with E-state index in [0.717, 1.165) is 12.8 Å². The van der Waals surface area contributed by atoms with E-state index in [4.69, 9.17) is 4.74 Å². The highest BCUT2D eigenvalue weighted by molar-refractivity contribution is 5.81. The van der Waals surface area contributed by atoms with Gasteiger partial charge in [-0.05, 0) is 40.3 Å². The Bertz CT molecular complexity index is 227. The molecule has 1 saturated carbocycles. The first kappa shape index (κ1) is 13.5. The maximum Gasteiger partial charge on any atom is 0.253 e. The lowest BCUT2D eigenvalue weighted by Gasteiger charge is -2.37. The van der Waals surface area contributed by atoms with Gasteiger partial charge < -0.3 is 14.5 Å². The van der Waals surface area contributed by atoms with Gasteiger partial charge in [0.1, 0.15) is 6.10 Å². The summed E-state index contributed by atoms with van der Waals surface area (Å²) in [7, 11) is 5.82. The first-order chi connectivity index (χ1) is 7.56. The number of nitrogens with zero attached hydrogens (tertiary/aromatic N) is 2. The summed E-state index contributed by atoms with van der Waals surface area (Å²) in [6.07, 6.45) is 3.21. The molecule has 0 spiro atoms. The molecule has 0 aromatic rings. The van der Waals surface area contributed by atoms with Crippen LogP contribution in [0.2, 0.25) is 0 Å². The third kappa shape index (κ3) is 3.46. The fourth-order valence-corrected chi connectivity index (χ4v) is 1.92. The van der Waals surface area contributed by atoms with Gasteiger partial charge in [-0.15, -0.1) is 0 Å². The zero-order chi connectivity index (χ0) is 12.1. The number of rotatable bonds is 6. The largest absolute Gasteiger partial charge is 0.367 e. The number of likely N-dealkylation sites (N-methyl/N-ethyl adjacent to an activating group) is 2.